The van der Waals surface area contributed by atoms with E-state index in [2.05, 4.69) is 28.1 Å². The standard InChI is InChI=1S/C7H11BrO/c1-2-9-7-5-3-4-6(7)8/h3,5-7H,2,4H2,1H3. The zero-order chi connectivity index (χ0) is 6.69. The molecular weight excluding hydrogens is 180 g/mol. The first-order chi connectivity index (χ1) is 4.34. The van der Waals surface area contributed by atoms with Crippen LogP contribution in [-0.4, -0.2) is 17.5 Å². The van der Waals surface area contributed by atoms with Crippen LogP contribution in [0.1, 0.15) is 13.3 Å². The fourth-order valence-corrected chi connectivity index (χ4v) is 1.49. The van der Waals surface area contributed by atoms with Crippen LogP contribution in [0.4, 0.5) is 0 Å². The molecule has 0 saturated heterocycles. The SMILES string of the molecule is CCOC1C=CCC1Br. The molecule has 2 atom stereocenters. The van der Waals surface area contributed by atoms with Crippen LogP contribution < -0.4 is 0 Å². The van der Waals surface area contributed by atoms with Crippen molar-refractivity contribution in [2.45, 2.75) is 24.3 Å². The highest BCUT2D eigenvalue weighted by molar-refractivity contribution is 9.09. The third-order valence-electron chi connectivity index (χ3n) is 1.40. The third-order valence-corrected chi connectivity index (χ3v) is 2.30. The van der Waals surface area contributed by atoms with Crippen LogP contribution in [0.3, 0.4) is 0 Å². The predicted octanol–water partition coefficient (Wildman–Crippen LogP) is 2.11. The quantitative estimate of drug-likeness (QED) is 0.479. The van der Waals surface area contributed by atoms with E-state index in [1.807, 2.05) is 6.92 Å². The van der Waals surface area contributed by atoms with Crippen LogP contribution in [0.25, 0.3) is 0 Å². The van der Waals surface area contributed by atoms with E-state index in [4.69, 9.17) is 4.74 Å². The average Bonchev–Trinajstić information content (AvgIpc) is 2.18. The van der Waals surface area contributed by atoms with Gasteiger partial charge in [-0.15, -0.1) is 0 Å². The summed E-state index contributed by atoms with van der Waals surface area (Å²) in [5.41, 5.74) is 0. The molecule has 1 aliphatic carbocycles. The summed E-state index contributed by atoms with van der Waals surface area (Å²) >= 11 is 3.52. The van der Waals surface area contributed by atoms with Crippen LogP contribution in [0.15, 0.2) is 12.2 Å². The molecule has 2 heteroatoms. The lowest BCUT2D eigenvalue weighted by Gasteiger charge is -2.11. The second-order valence-electron chi connectivity index (χ2n) is 2.10. The summed E-state index contributed by atoms with van der Waals surface area (Å²) in [4.78, 5) is 0.512. The van der Waals surface area contributed by atoms with E-state index in [1.54, 1.807) is 0 Å². The third kappa shape index (κ3) is 1.80. The molecule has 0 aromatic carbocycles. The number of halogens is 1. The van der Waals surface area contributed by atoms with Crippen molar-refractivity contribution in [1.82, 2.24) is 0 Å². The van der Waals surface area contributed by atoms with E-state index in [1.165, 1.54) is 0 Å². The lowest BCUT2D eigenvalue weighted by Crippen LogP contribution is -2.17. The Morgan fingerprint density at radius 1 is 1.78 bits per heavy atom. The van der Waals surface area contributed by atoms with E-state index < -0.39 is 0 Å². The molecule has 0 heterocycles. The lowest BCUT2D eigenvalue weighted by atomic mass is 10.3. The first-order valence-corrected chi connectivity index (χ1v) is 4.18. The van der Waals surface area contributed by atoms with Gasteiger partial charge in [0, 0.05) is 11.4 Å². The van der Waals surface area contributed by atoms with Gasteiger partial charge in [-0.1, -0.05) is 28.1 Å². The van der Waals surface area contributed by atoms with Crippen molar-refractivity contribution in [1.29, 1.82) is 0 Å². The van der Waals surface area contributed by atoms with Crippen LogP contribution in [0.5, 0.6) is 0 Å². The minimum atomic E-state index is 0.315. The van der Waals surface area contributed by atoms with Crippen molar-refractivity contribution in [3.63, 3.8) is 0 Å². The zero-order valence-corrected chi connectivity index (χ0v) is 7.10. The highest BCUT2D eigenvalue weighted by atomic mass is 79.9. The molecule has 1 nitrogen and oxygen atoms in total. The molecule has 0 spiro atoms. The van der Waals surface area contributed by atoms with Crippen LogP contribution in [0.2, 0.25) is 0 Å². The maximum absolute atomic E-state index is 5.38. The van der Waals surface area contributed by atoms with Crippen LogP contribution in [0, 0.1) is 0 Å². The van der Waals surface area contributed by atoms with Gasteiger partial charge >= 0.3 is 0 Å². The van der Waals surface area contributed by atoms with Crippen LogP contribution >= 0.6 is 15.9 Å². The summed E-state index contributed by atoms with van der Waals surface area (Å²) in [6, 6.07) is 0. The monoisotopic (exact) mass is 190 g/mol. The van der Waals surface area contributed by atoms with Gasteiger partial charge in [0.2, 0.25) is 0 Å². The summed E-state index contributed by atoms with van der Waals surface area (Å²) in [7, 11) is 0. The van der Waals surface area contributed by atoms with Crippen molar-refractivity contribution in [3.8, 4) is 0 Å². The summed E-state index contributed by atoms with van der Waals surface area (Å²) < 4.78 is 5.38. The number of hydrogen-bond donors (Lipinski definition) is 0. The Hall–Kier alpha value is 0.180. The van der Waals surface area contributed by atoms with Crippen molar-refractivity contribution < 1.29 is 4.74 Å². The Kier molecular flexibility index (Phi) is 2.73. The van der Waals surface area contributed by atoms with E-state index >= 15 is 0 Å². The molecule has 0 aromatic heterocycles. The fourth-order valence-electron chi connectivity index (χ4n) is 0.950. The minimum absolute atomic E-state index is 0.315. The van der Waals surface area contributed by atoms with Crippen LogP contribution in [-0.2, 0) is 4.74 Å². The molecule has 0 N–H and O–H groups in total. The summed E-state index contributed by atoms with van der Waals surface area (Å²) in [5, 5.41) is 0. The van der Waals surface area contributed by atoms with E-state index in [-0.39, 0.29) is 0 Å². The number of ether oxygens (including phenoxy) is 1. The first kappa shape index (κ1) is 7.29. The summed E-state index contributed by atoms with van der Waals surface area (Å²) in [6.07, 6.45) is 5.68. The van der Waals surface area contributed by atoms with Gasteiger partial charge in [0.1, 0.15) is 0 Å². The molecule has 2 unspecified atom stereocenters. The van der Waals surface area contributed by atoms with Crippen molar-refractivity contribution in [3.05, 3.63) is 12.2 Å². The first-order valence-electron chi connectivity index (χ1n) is 3.27. The second kappa shape index (κ2) is 3.37. The molecular formula is C7H11BrO. The normalized spacial score (nSPS) is 33.6. The van der Waals surface area contributed by atoms with E-state index in [0.717, 1.165) is 13.0 Å². The molecule has 0 fully saturated rings. The second-order valence-corrected chi connectivity index (χ2v) is 3.28. The molecule has 0 aliphatic heterocycles. The molecule has 0 aromatic rings. The van der Waals surface area contributed by atoms with Gasteiger partial charge < -0.3 is 4.74 Å². The summed E-state index contributed by atoms with van der Waals surface area (Å²) in [6.45, 7) is 2.82. The largest absolute Gasteiger partial charge is 0.373 e. The van der Waals surface area contributed by atoms with Gasteiger partial charge in [-0.05, 0) is 13.3 Å². The number of rotatable bonds is 2. The van der Waals surface area contributed by atoms with Gasteiger partial charge in [-0.25, -0.2) is 0 Å². The predicted molar refractivity (Wildman–Crippen MR) is 41.9 cm³/mol. The van der Waals surface area contributed by atoms with Gasteiger partial charge in [-0.3, -0.25) is 0 Å². The minimum Gasteiger partial charge on any atom is -0.373 e. The van der Waals surface area contributed by atoms with Gasteiger partial charge in [-0.2, -0.15) is 0 Å². The molecule has 1 rings (SSSR count). The number of alkyl halides is 1. The zero-order valence-electron chi connectivity index (χ0n) is 5.51. The summed E-state index contributed by atoms with van der Waals surface area (Å²) in [5.74, 6) is 0. The highest BCUT2D eigenvalue weighted by Gasteiger charge is 2.19. The molecule has 52 valence electrons. The van der Waals surface area contributed by atoms with Crippen molar-refractivity contribution in [2.24, 2.45) is 0 Å². The Labute approximate surface area is 64.2 Å². The van der Waals surface area contributed by atoms with Crippen molar-refractivity contribution >= 4 is 15.9 Å². The number of hydrogen-bond acceptors (Lipinski definition) is 1. The Bertz CT molecular complexity index is 111. The maximum atomic E-state index is 5.38. The Balaban J connectivity index is 2.31. The molecule has 0 radical (unpaired) electrons. The lowest BCUT2D eigenvalue weighted by molar-refractivity contribution is 0.101. The Morgan fingerprint density at radius 2 is 2.56 bits per heavy atom. The van der Waals surface area contributed by atoms with Crippen molar-refractivity contribution in [2.75, 3.05) is 6.61 Å². The molecule has 0 saturated carbocycles. The van der Waals surface area contributed by atoms with Gasteiger partial charge in [0.25, 0.3) is 0 Å². The van der Waals surface area contributed by atoms with Gasteiger partial charge in [0.05, 0.1) is 6.10 Å². The molecule has 1 aliphatic rings. The molecule has 0 amide bonds. The van der Waals surface area contributed by atoms with E-state index in [9.17, 15) is 0 Å². The average molecular weight is 191 g/mol. The highest BCUT2D eigenvalue weighted by Crippen LogP contribution is 2.21. The molecule has 9 heavy (non-hydrogen) atoms. The smallest absolute Gasteiger partial charge is 0.0883 e. The van der Waals surface area contributed by atoms with E-state index in [0.29, 0.717) is 10.9 Å². The number of allylic oxidation sites excluding steroid dienone is 1. The fraction of sp³-hybridized carbons (Fsp3) is 0.714. The van der Waals surface area contributed by atoms with Gasteiger partial charge in [0.15, 0.2) is 0 Å². The Morgan fingerprint density at radius 3 is 3.00 bits per heavy atom. The topological polar surface area (TPSA) is 9.23 Å². The molecule has 0 bridgehead atoms. The maximum Gasteiger partial charge on any atom is 0.0883 e.